The summed E-state index contributed by atoms with van der Waals surface area (Å²) in [6.45, 7) is 8.42. The molecule has 210 valence electrons. The minimum Gasteiger partial charge on any atom is -0.496 e. The monoisotopic (exact) mass is 553 g/mol. The van der Waals surface area contributed by atoms with Crippen molar-refractivity contribution in [3.05, 3.63) is 65.0 Å². The topological polar surface area (TPSA) is 102 Å². The van der Waals surface area contributed by atoms with Crippen LogP contribution < -0.4 is 10.1 Å². The zero-order valence-electron chi connectivity index (χ0n) is 22.8. The maximum Gasteiger partial charge on any atom is 0.416 e. The number of ether oxygens (including phenoxy) is 1. The van der Waals surface area contributed by atoms with Gasteiger partial charge < -0.3 is 19.7 Å². The number of anilines is 1. The molecule has 1 aliphatic carbocycles. The first-order valence-electron chi connectivity index (χ1n) is 12.9. The van der Waals surface area contributed by atoms with E-state index in [4.69, 9.17) is 9.72 Å². The van der Waals surface area contributed by atoms with Crippen LogP contribution in [0, 0.1) is 18.3 Å². The second-order valence-electron chi connectivity index (χ2n) is 11.0. The Hall–Kier alpha value is -4.15. The van der Waals surface area contributed by atoms with Crippen molar-refractivity contribution in [1.29, 1.82) is 0 Å². The van der Waals surface area contributed by atoms with E-state index < -0.39 is 23.5 Å². The van der Waals surface area contributed by atoms with Gasteiger partial charge in [-0.25, -0.2) is 19.7 Å². The zero-order chi connectivity index (χ0) is 29.0. The number of aromatic nitrogens is 4. The minimum atomic E-state index is -4.45. The van der Waals surface area contributed by atoms with Crippen molar-refractivity contribution in [2.75, 3.05) is 12.4 Å². The van der Waals surface area contributed by atoms with E-state index in [0.717, 1.165) is 24.1 Å². The predicted molar refractivity (Wildman–Crippen MR) is 145 cm³/mol. The number of carboxylic acids is 1. The van der Waals surface area contributed by atoms with Crippen LogP contribution in [-0.4, -0.2) is 43.7 Å². The Bertz CT molecular complexity index is 1600. The highest BCUT2D eigenvalue weighted by atomic mass is 19.4. The van der Waals surface area contributed by atoms with E-state index in [2.05, 4.69) is 29.1 Å². The van der Waals surface area contributed by atoms with E-state index in [0.29, 0.717) is 40.0 Å². The van der Waals surface area contributed by atoms with Crippen molar-refractivity contribution in [3.8, 4) is 17.1 Å². The largest absolute Gasteiger partial charge is 0.496 e. The molecule has 2 N–H and O–H groups in total. The highest BCUT2D eigenvalue weighted by Crippen LogP contribution is 2.54. The molecule has 2 heterocycles. The molecule has 0 spiro atoms. The fourth-order valence-corrected chi connectivity index (χ4v) is 5.25. The number of imidazole rings is 1. The second-order valence-corrected chi connectivity index (χ2v) is 11.0. The predicted octanol–water partition coefficient (Wildman–Crippen LogP) is 6.42. The molecule has 0 aliphatic heterocycles. The number of nitrogens with one attached hydrogen (secondary N) is 1. The van der Waals surface area contributed by atoms with E-state index in [9.17, 15) is 23.1 Å². The molecule has 2 aromatic carbocycles. The lowest BCUT2D eigenvalue weighted by Crippen LogP contribution is -2.22. The van der Waals surface area contributed by atoms with Crippen molar-refractivity contribution >= 4 is 23.0 Å². The molecule has 0 saturated heterocycles. The number of hydrogen-bond acceptors (Lipinski definition) is 6. The summed E-state index contributed by atoms with van der Waals surface area (Å²) in [6.07, 6.45) is -3.44. The van der Waals surface area contributed by atoms with Crippen molar-refractivity contribution in [1.82, 2.24) is 19.5 Å². The summed E-state index contributed by atoms with van der Waals surface area (Å²) in [5.74, 6) is -0.0860. The summed E-state index contributed by atoms with van der Waals surface area (Å²) in [5.41, 5.74) is 2.16. The lowest BCUT2D eigenvalue weighted by molar-refractivity contribution is -0.137. The van der Waals surface area contributed by atoms with Crippen LogP contribution in [-0.2, 0) is 12.7 Å². The smallest absolute Gasteiger partial charge is 0.416 e. The van der Waals surface area contributed by atoms with Crippen LogP contribution >= 0.6 is 0 Å². The number of halogens is 3. The van der Waals surface area contributed by atoms with Gasteiger partial charge in [0, 0.05) is 12.6 Å². The number of aromatic carboxylic acids is 1. The molecule has 0 radical (unpaired) electrons. The SMILES string of the molecule is COc1ccc(C)cc1-c1nc2nc(C(=O)O)nc(NC(C)C3CC3(C)C)c2n1Cc1ccc(C(F)(F)F)cc1. The van der Waals surface area contributed by atoms with E-state index >= 15 is 0 Å². The van der Waals surface area contributed by atoms with Crippen LogP contribution in [0.2, 0.25) is 0 Å². The molecule has 1 saturated carbocycles. The molecular weight excluding hydrogens is 523 g/mol. The third-order valence-electron chi connectivity index (χ3n) is 7.57. The number of carboxylic acid groups (broad SMARTS) is 1. The number of methoxy groups -OCH3 is 1. The first-order valence-corrected chi connectivity index (χ1v) is 12.9. The summed E-state index contributed by atoms with van der Waals surface area (Å²) in [4.78, 5) is 25.3. The number of alkyl halides is 3. The fourth-order valence-electron chi connectivity index (χ4n) is 5.25. The molecule has 8 nitrogen and oxygen atoms in total. The summed E-state index contributed by atoms with van der Waals surface area (Å²) in [7, 11) is 1.53. The minimum absolute atomic E-state index is 0.0267. The summed E-state index contributed by atoms with van der Waals surface area (Å²) in [6, 6.07) is 10.5. The summed E-state index contributed by atoms with van der Waals surface area (Å²) in [5, 5.41) is 13.1. The molecule has 2 atom stereocenters. The lowest BCUT2D eigenvalue weighted by atomic mass is 10.1. The molecule has 11 heteroatoms. The number of nitrogens with zero attached hydrogens (tertiary/aromatic N) is 4. The molecule has 2 unspecified atom stereocenters. The number of rotatable bonds is 8. The average molecular weight is 554 g/mol. The Balaban J connectivity index is 1.72. The quantitative estimate of drug-likeness (QED) is 0.260. The molecule has 40 heavy (non-hydrogen) atoms. The van der Waals surface area contributed by atoms with Crippen molar-refractivity contribution < 1.29 is 27.8 Å². The van der Waals surface area contributed by atoms with Crippen LogP contribution in [0.1, 0.15) is 54.5 Å². The van der Waals surface area contributed by atoms with Crippen molar-refractivity contribution in [2.24, 2.45) is 11.3 Å². The Morgan fingerprint density at radius 2 is 1.85 bits per heavy atom. The van der Waals surface area contributed by atoms with Gasteiger partial charge in [0.25, 0.3) is 0 Å². The zero-order valence-corrected chi connectivity index (χ0v) is 22.8. The van der Waals surface area contributed by atoms with Gasteiger partial charge in [-0.05, 0) is 61.4 Å². The van der Waals surface area contributed by atoms with Crippen LogP contribution in [0.5, 0.6) is 5.75 Å². The van der Waals surface area contributed by atoms with Gasteiger partial charge >= 0.3 is 12.1 Å². The molecule has 0 bridgehead atoms. The highest BCUT2D eigenvalue weighted by Gasteiger charge is 2.48. The standard InChI is InChI=1S/C29H30F3N5O3/c1-15-6-11-21(40-5)19(12-15)26-36-24-22(37(26)14-17-7-9-18(10-8-17)29(30,31)32)23(34-25(35-24)27(38)39)33-16(2)20-13-28(20,3)4/h6-12,16,20H,13-14H2,1-5H3,(H,38,39)(H,33,34,35). The van der Waals surface area contributed by atoms with Gasteiger partial charge in [-0.2, -0.15) is 13.2 Å². The molecular formula is C29H30F3N5O3. The first kappa shape index (κ1) is 27.4. The number of aryl methyl sites for hydroxylation is 1. The Kier molecular flexibility index (Phi) is 6.71. The van der Waals surface area contributed by atoms with E-state index in [1.54, 1.807) is 10.6 Å². The van der Waals surface area contributed by atoms with Crippen molar-refractivity contribution in [2.45, 2.75) is 52.9 Å². The Morgan fingerprint density at radius 1 is 1.18 bits per heavy atom. The van der Waals surface area contributed by atoms with E-state index in [1.165, 1.54) is 19.2 Å². The normalized spacial score (nSPS) is 17.1. The average Bonchev–Trinajstić information content (AvgIpc) is 3.38. The number of carbonyl (C=O) groups is 1. The Morgan fingerprint density at radius 3 is 2.42 bits per heavy atom. The van der Waals surface area contributed by atoms with Gasteiger partial charge in [-0.1, -0.05) is 37.6 Å². The lowest BCUT2D eigenvalue weighted by Gasteiger charge is -2.19. The Labute approximate surface area is 229 Å². The maximum atomic E-state index is 13.2. The third-order valence-corrected chi connectivity index (χ3v) is 7.57. The van der Waals surface area contributed by atoms with Gasteiger partial charge in [-0.15, -0.1) is 0 Å². The van der Waals surface area contributed by atoms with Crippen LogP contribution in [0.4, 0.5) is 19.0 Å². The summed E-state index contributed by atoms with van der Waals surface area (Å²) < 4.78 is 47.0. The summed E-state index contributed by atoms with van der Waals surface area (Å²) >= 11 is 0. The molecule has 4 aromatic rings. The van der Waals surface area contributed by atoms with Gasteiger partial charge in [-0.3, -0.25) is 0 Å². The van der Waals surface area contributed by atoms with Gasteiger partial charge in [0.1, 0.15) is 17.1 Å². The maximum absolute atomic E-state index is 13.2. The molecule has 2 aromatic heterocycles. The van der Waals surface area contributed by atoms with Crippen LogP contribution in [0.15, 0.2) is 42.5 Å². The van der Waals surface area contributed by atoms with E-state index in [1.807, 2.05) is 26.0 Å². The third kappa shape index (κ3) is 5.20. The molecule has 0 amide bonds. The fraction of sp³-hybridized carbons (Fsp3) is 0.379. The van der Waals surface area contributed by atoms with E-state index in [-0.39, 0.29) is 23.6 Å². The van der Waals surface area contributed by atoms with Gasteiger partial charge in [0.05, 0.1) is 18.2 Å². The number of benzene rings is 2. The van der Waals surface area contributed by atoms with Crippen LogP contribution in [0.3, 0.4) is 0 Å². The van der Waals surface area contributed by atoms with Gasteiger partial charge in [0.2, 0.25) is 5.82 Å². The second kappa shape index (κ2) is 9.79. The molecule has 5 rings (SSSR count). The first-order chi connectivity index (χ1) is 18.8. The number of hydrogen-bond donors (Lipinski definition) is 2. The van der Waals surface area contributed by atoms with Crippen LogP contribution in [0.25, 0.3) is 22.6 Å². The highest BCUT2D eigenvalue weighted by molar-refractivity contribution is 5.92. The van der Waals surface area contributed by atoms with Crippen molar-refractivity contribution in [3.63, 3.8) is 0 Å². The molecule has 1 aliphatic rings. The molecule has 1 fully saturated rings. The van der Waals surface area contributed by atoms with Gasteiger partial charge in [0.15, 0.2) is 11.5 Å². The number of fused-ring (bicyclic) bond motifs is 1.